The third-order valence-corrected chi connectivity index (χ3v) is 6.10. The fraction of sp³-hybridized carbons (Fsp3) is 0.167. The van der Waals surface area contributed by atoms with Crippen LogP contribution in [0.3, 0.4) is 0 Å². The normalized spacial score (nSPS) is 13.5. The number of pyridine rings is 1. The Bertz CT molecular complexity index is 1140. The van der Waals surface area contributed by atoms with Crippen molar-refractivity contribution in [2.45, 2.75) is 25.9 Å². The number of carbonyl (C=O) groups excluding carboxylic acids is 1. The lowest BCUT2D eigenvalue weighted by molar-refractivity contribution is -0.255. The van der Waals surface area contributed by atoms with Crippen molar-refractivity contribution in [3.05, 3.63) is 92.7 Å². The minimum atomic E-state index is -1.28. The average Bonchev–Trinajstić information content (AvgIpc) is 3.24. The van der Waals surface area contributed by atoms with E-state index in [9.17, 15) is 9.90 Å². The quantitative estimate of drug-likeness (QED) is 0.462. The fourth-order valence-electron chi connectivity index (χ4n) is 3.67. The Morgan fingerprint density at radius 1 is 1.07 bits per heavy atom. The number of carbonyl (C=O) groups is 1. The summed E-state index contributed by atoms with van der Waals surface area (Å²) in [4.78, 5) is 15.5. The van der Waals surface area contributed by atoms with Crippen molar-refractivity contribution < 1.29 is 14.6 Å². The molecule has 1 aliphatic carbocycles. The van der Waals surface area contributed by atoms with Gasteiger partial charge in [0.2, 0.25) is 0 Å². The second-order valence-electron chi connectivity index (χ2n) is 7.03. The molecule has 1 aromatic heterocycles. The number of benzene rings is 2. The molecule has 0 saturated carbocycles. The van der Waals surface area contributed by atoms with E-state index in [0.717, 1.165) is 51.8 Å². The average molecular weight is 484 g/mol. The fourth-order valence-corrected chi connectivity index (χ4v) is 4.25. The van der Waals surface area contributed by atoms with Crippen LogP contribution < -0.4 is 9.84 Å². The molecule has 0 unspecified atom stereocenters. The Labute approximate surface area is 188 Å². The summed E-state index contributed by atoms with van der Waals surface area (Å²) in [5, 5.41) is 11.9. The van der Waals surface area contributed by atoms with E-state index >= 15 is 0 Å². The SMILES string of the molecule is O=C([O-])c1cccc(C2=C(c3cc(Cl)ccc3OCc3ccccc3Br)CCC2)n1. The Kier molecular flexibility index (Phi) is 6.21. The molecular weight excluding hydrogens is 466 g/mol. The van der Waals surface area contributed by atoms with Crippen molar-refractivity contribution in [1.82, 2.24) is 4.98 Å². The molecular formula is C24H18BrClNO3-. The van der Waals surface area contributed by atoms with Gasteiger partial charge in [0.25, 0.3) is 0 Å². The number of aromatic nitrogens is 1. The van der Waals surface area contributed by atoms with E-state index in [4.69, 9.17) is 16.3 Å². The monoisotopic (exact) mass is 482 g/mol. The predicted octanol–water partition coefficient (Wildman–Crippen LogP) is 5.53. The zero-order chi connectivity index (χ0) is 21.1. The molecule has 1 heterocycles. The summed E-state index contributed by atoms with van der Waals surface area (Å²) in [6, 6.07) is 18.5. The zero-order valence-electron chi connectivity index (χ0n) is 16.0. The van der Waals surface area contributed by atoms with Gasteiger partial charge in [-0.3, -0.25) is 0 Å². The second-order valence-corrected chi connectivity index (χ2v) is 8.32. The van der Waals surface area contributed by atoms with Crippen molar-refractivity contribution >= 4 is 44.6 Å². The number of nitrogens with zero attached hydrogens (tertiary/aromatic N) is 1. The van der Waals surface area contributed by atoms with E-state index in [1.54, 1.807) is 6.07 Å². The number of hydrogen-bond acceptors (Lipinski definition) is 4. The van der Waals surface area contributed by atoms with Gasteiger partial charge in [-0.2, -0.15) is 0 Å². The minimum Gasteiger partial charge on any atom is -0.543 e. The van der Waals surface area contributed by atoms with Crippen molar-refractivity contribution in [1.29, 1.82) is 0 Å². The van der Waals surface area contributed by atoms with E-state index in [1.807, 2.05) is 48.5 Å². The van der Waals surface area contributed by atoms with Gasteiger partial charge in [0.1, 0.15) is 12.4 Å². The molecule has 0 atom stereocenters. The van der Waals surface area contributed by atoms with Crippen LogP contribution in [0, 0.1) is 0 Å². The maximum absolute atomic E-state index is 11.2. The van der Waals surface area contributed by atoms with Gasteiger partial charge >= 0.3 is 0 Å². The molecule has 0 aliphatic heterocycles. The summed E-state index contributed by atoms with van der Waals surface area (Å²) < 4.78 is 7.16. The number of carboxylic acid groups (broad SMARTS) is 1. The standard InChI is InChI=1S/C24H19BrClNO3/c25-20-8-2-1-5-15(20)14-30-23-12-11-16(26)13-19(23)17-6-3-7-18(17)21-9-4-10-22(27-21)24(28)29/h1-2,4-5,8-13H,3,6-7,14H2,(H,28,29)/p-1. The molecule has 4 nitrogen and oxygen atoms in total. The minimum absolute atomic E-state index is 0.0669. The topological polar surface area (TPSA) is 62.2 Å². The van der Waals surface area contributed by atoms with Crippen molar-refractivity contribution in [3.8, 4) is 5.75 Å². The molecule has 0 fully saturated rings. The molecule has 0 radical (unpaired) electrons. The molecule has 2 aromatic carbocycles. The van der Waals surface area contributed by atoms with Crippen molar-refractivity contribution in [2.24, 2.45) is 0 Å². The van der Waals surface area contributed by atoms with Gasteiger partial charge in [-0.05, 0) is 66.8 Å². The predicted molar refractivity (Wildman–Crippen MR) is 119 cm³/mol. The van der Waals surface area contributed by atoms with Gasteiger partial charge < -0.3 is 14.6 Å². The Hall–Kier alpha value is -2.63. The summed E-state index contributed by atoms with van der Waals surface area (Å²) in [5.41, 5.74) is 4.66. The molecule has 3 aromatic rings. The first kappa shape index (κ1) is 20.6. The molecule has 0 N–H and O–H groups in total. The van der Waals surface area contributed by atoms with Crippen LogP contribution in [-0.2, 0) is 6.61 Å². The Morgan fingerprint density at radius 3 is 2.67 bits per heavy atom. The highest BCUT2D eigenvalue weighted by molar-refractivity contribution is 9.10. The van der Waals surface area contributed by atoms with Gasteiger partial charge in [0.05, 0.1) is 17.4 Å². The zero-order valence-corrected chi connectivity index (χ0v) is 18.4. The first-order valence-electron chi connectivity index (χ1n) is 9.60. The summed E-state index contributed by atoms with van der Waals surface area (Å²) in [6.07, 6.45) is 2.62. The highest BCUT2D eigenvalue weighted by atomic mass is 79.9. The lowest BCUT2D eigenvalue weighted by Gasteiger charge is -2.16. The molecule has 0 bridgehead atoms. The van der Waals surface area contributed by atoms with E-state index < -0.39 is 5.97 Å². The number of ether oxygens (including phenoxy) is 1. The first-order chi connectivity index (χ1) is 14.5. The van der Waals surface area contributed by atoms with Crippen LogP contribution in [0.5, 0.6) is 5.75 Å². The van der Waals surface area contributed by atoms with Gasteiger partial charge in [-0.15, -0.1) is 0 Å². The summed E-state index contributed by atoms with van der Waals surface area (Å²) in [6.45, 7) is 0.414. The number of halogens is 2. The molecule has 1 aliphatic rings. The molecule has 0 saturated heterocycles. The second kappa shape index (κ2) is 9.02. The maximum Gasteiger partial charge on any atom is 0.127 e. The van der Waals surface area contributed by atoms with Crippen LogP contribution in [0.4, 0.5) is 0 Å². The summed E-state index contributed by atoms with van der Waals surface area (Å²) >= 11 is 9.86. The number of aromatic carboxylic acids is 1. The third kappa shape index (κ3) is 4.42. The van der Waals surface area contributed by atoms with Gasteiger partial charge in [-0.1, -0.05) is 51.8 Å². The Morgan fingerprint density at radius 2 is 1.87 bits per heavy atom. The van der Waals surface area contributed by atoms with Crippen LogP contribution in [0.2, 0.25) is 5.02 Å². The van der Waals surface area contributed by atoms with Crippen molar-refractivity contribution in [2.75, 3.05) is 0 Å². The van der Waals surface area contributed by atoms with Gasteiger partial charge in [0.15, 0.2) is 0 Å². The maximum atomic E-state index is 11.2. The van der Waals surface area contributed by atoms with Gasteiger partial charge in [-0.25, -0.2) is 4.98 Å². The number of hydrogen-bond donors (Lipinski definition) is 0. The van der Waals surface area contributed by atoms with Crippen LogP contribution >= 0.6 is 27.5 Å². The lowest BCUT2D eigenvalue weighted by Crippen LogP contribution is -2.23. The largest absolute Gasteiger partial charge is 0.543 e. The summed E-state index contributed by atoms with van der Waals surface area (Å²) in [5.74, 6) is -0.544. The third-order valence-electron chi connectivity index (χ3n) is 5.09. The van der Waals surface area contributed by atoms with E-state index in [1.165, 1.54) is 6.07 Å². The number of carboxylic acids is 1. The van der Waals surface area contributed by atoms with E-state index in [2.05, 4.69) is 20.9 Å². The number of rotatable bonds is 6. The van der Waals surface area contributed by atoms with Gasteiger partial charge in [0, 0.05) is 20.6 Å². The molecule has 4 rings (SSSR count). The highest BCUT2D eigenvalue weighted by Gasteiger charge is 2.22. The Balaban J connectivity index is 1.72. The van der Waals surface area contributed by atoms with Crippen LogP contribution in [-0.4, -0.2) is 11.0 Å². The highest BCUT2D eigenvalue weighted by Crippen LogP contribution is 2.43. The molecule has 0 spiro atoms. The number of allylic oxidation sites excluding steroid dienone is 2. The molecule has 152 valence electrons. The van der Waals surface area contributed by atoms with Crippen molar-refractivity contribution in [3.63, 3.8) is 0 Å². The van der Waals surface area contributed by atoms with E-state index in [-0.39, 0.29) is 5.69 Å². The summed E-state index contributed by atoms with van der Waals surface area (Å²) in [7, 11) is 0. The molecule has 0 amide bonds. The van der Waals surface area contributed by atoms with Crippen LogP contribution in [0.25, 0.3) is 11.1 Å². The lowest BCUT2D eigenvalue weighted by atomic mass is 9.99. The van der Waals surface area contributed by atoms with Crippen LogP contribution in [0.15, 0.2) is 65.1 Å². The first-order valence-corrected chi connectivity index (χ1v) is 10.8. The van der Waals surface area contributed by atoms with E-state index in [0.29, 0.717) is 17.3 Å². The smallest absolute Gasteiger partial charge is 0.127 e. The molecule has 30 heavy (non-hydrogen) atoms. The molecule has 6 heteroatoms. The van der Waals surface area contributed by atoms with Crippen LogP contribution in [0.1, 0.15) is 46.6 Å².